The van der Waals surface area contributed by atoms with E-state index in [1.807, 2.05) is 6.07 Å². The monoisotopic (exact) mass is 284 g/mol. The minimum Gasteiger partial charge on any atom is -0.349 e. The van der Waals surface area contributed by atoms with Crippen LogP contribution in [0.2, 0.25) is 5.02 Å². The molecule has 0 spiro atoms. The molecule has 2 rings (SSSR count). The maximum absolute atomic E-state index is 13.4. The summed E-state index contributed by atoms with van der Waals surface area (Å²) in [6.45, 7) is 2.26. The van der Waals surface area contributed by atoms with E-state index in [0.717, 1.165) is 25.1 Å². The first kappa shape index (κ1) is 14.3. The molecule has 1 unspecified atom stereocenters. The van der Waals surface area contributed by atoms with Gasteiger partial charge in [0, 0.05) is 27.2 Å². The van der Waals surface area contributed by atoms with Gasteiger partial charge in [-0.2, -0.15) is 0 Å². The second kappa shape index (κ2) is 5.88. The Morgan fingerprint density at radius 2 is 2.26 bits per heavy atom. The van der Waals surface area contributed by atoms with E-state index in [2.05, 4.69) is 4.90 Å². The second-order valence-corrected chi connectivity index (χ2v) is 5.61. The van der Waals surface area contributed by atoms with E-state index in [1.165, 1.54) is 6.07 Å². The van der Waals surface area contributed by atoms with Crippen molar-refractivity contribution in [2.24, 2.45) is 5.92 Å². The summed E-state index contributed by atoms with van der Waals surface area (Å²) < 4.78 is 13.4. The standard InChI is InChI=1S/C14H18ClFN2O/c1-17(2)14(19)11-5-6-18(9-11)8-10-3-4-12(15)13(16)7-10/h3-4,7,11H,5-6,8-9H2,1-2H3. The molecule has 1 saturated heterocycles. The lowest BCUT2D eigenvalue weighted by atomic mass is 10.1. The smallest absolute Gasteiger partial charge is 0.226 e. The van der Waals surface area contributed by atoms with Gasteiger partial charge < -0.3 is 4.90 Å². The lowest BCUT2D eigenvalue weighted by molar-refractivity contribution is -0.132. The van der Waals surface area contributed by atoms with E-state index >= 15 is 0 Å². The SMILES string of the molecule is CN(C)C(=O)C1CCN(Cc2ccc(Cl)c(F)c2)C1. The van der Waals surface area contributed by atoms with Crippen LogP contribution in [0.15, 0.2) is 18.2 Å². The van der Waals surface area contributed by atoms with Gasteiger partial charge in [-0.05, 0) is 30.7 Å². The van der Waals surface area contributed by atoms with Crippen molar-refractivity contribution in [3.8, 4) is 0 Å². The first-order valence-corrected chi connectivity index (χ1v) is 6.72. The Bertz CT molecular complexity index is 479. The quantitative estimate of drug-likeness (QED) is 0.851. The van der Waals surface area contributed by atoms with Gasteiger partial charge in [-0.3, -0.25) is 9.69 Å². The fraction of sp³-hybridized carbons (Fsp3) is 0.500. The Kier molecular flexibility index (Phi) is 4.42. The molecule has 1 aromatic carbocycles. The zero-order valence-electron chi connectivity index (χ0n) is 11.2. The van der Waals surface area contributed by atoms with Gasteiger partial charge in [0.25, 0.3) is 0 Å². The number of carbonyl (C=O) groups excluding carboxylic acids is 1. The molecule has 3 nitrogen and oxygen atoms in total. The molecule has 1 atom stereocenters. The minimum absolute atomic E-state index is 0.0622. The second-order valence-electron chi connectivity index (χ2n) is 5.20. The molecule has 0 radical (unpaired) electrons. The van der Waals surface area contributed by atoms with Gasteiger partial charge in [-0.15, -0.1) is 0 Å². The number of likely N-dealkylation sites (tertiary alicyclic amines) is 1. The van der Waals surface area contributed by atoms with Crippen LogP contribution in [0.3, 0.4) is 0 Å². The van der Waals surface area contributed by atoms with E-state index in [-0.39, 0.29) is 22.7 Å². The predicted octanol–water partition coefficient (Wildman–Crippen LogP) is 2.39. The highest BCUT2D eigenvalue weighted by Crippen LogP contribution is 2.22. The highest BCUT2D eigenvalue weighted by atomic mass is 35.5. The highest BCUT2D eigenvalue weighted by Gasteiger charge is 2.29. The van der Waals surface area contributed by atoms with Crippen LogP contribution in [-0.2, 0) is 11.3 Å². The molecular formula is C14H18ClFN2O. The minimum atomic E-state index is -0.390. The lowest BCUT2D eigenvalue weighted by Gasteiger charge is -2.18. The number of hydrogen-bond donors (Lipinski definition) is 0. The molecule has 1 amide bonds. The first-order valence-electron chi connectivity index (χ1n) is 6.35. The summed E-state index contributed by atoms with van der Waals surface area (Å²) in [5.41, 5.74) is 0.889. The van der Waals surface area contributed by atoms with Crippen molar-refractivity contribution >= 4 is 17.5 Å². The number of rotatable bonds is 3. The van der Waals surface area contributed by atoms with Crippen molar-refractivity contribution in [2.45, 2.75) is 13.0 Å². The average molecular weight is 285 g/mol. The van der Waals surface area contributed by atoms with E-state index in [9.17, 15) is 9.18 Å². The van der Waals surface area contributed by atoms with Gasteiger partial charge in [-0.25, -0.2) is 4.39 Å². The van der Waals surface area contributed by atoms with E-state index in [0.29, 0.717) is 6.54 Å². The predicted molar refractivity (Wildman–Crippen MR) is 73.5 cm³/mol. The summed E-state index contributed by atoms with van der Waals surface area (Å²) in [7, 11) is 3.55. The highest BCUT2D eigenvalue weighted by molar-refractivity contribution is 6.30. The number of hydrogen-bond acceptors (Lipinski definition) is 2. The fourth-order valence-electron chi connectivity index (χ4n) is 2.44. The summed E-state index contributed by atoms with van der Waals surface area (Å²) in [5.74, 6) is -0.156. The third-order valence-electron chi connectivity index (χ3n) is 3.45. The lowest BCUT2D eigenvalue weighted by Crippen LogP contribution is -2.31. The largest absolute Gasteiger partial charge is 0.349 e. The van der Waals surface area contributed by atoms with Gasteiger partial charge in [-0.1, -0.05) is 17.7 Å². The van der Waals surface area contributed by atoms with Gasteiger partial charge in [0.15, 0.2) is 0 Å². The van der Waals surface area contributed by atoms with Gasteiger partial charge >= 0.3 is 0 Å². The van der Waals surface area contributed by atoms with Crippen molar-refractivity contribution in [1.82, 2.24) is 9.80 Å². The van der Waals surface area contributed by atoms with Crippen LogP contribution in [0.4, 0.5) is 4.39 Å². The fourth-order valence-corrected chi connectivity index (χ4v) is 2.56. The van der Waals surface area contributed by atoms with Crippen molar-refractivity contribution in [1.29, 1.82) is 0 Å². The Labute approximate surface area is 117 Å². The first-order chi connectivity index (χ1) is 8.97. The molecule has 5 heteroatoms. The third-order valence-corrected chi connectivity index (χ3v) is 3.76. The number of carbonyl (C=O) groups is 1. The van der Waals surface area contributed by atoms with Crippen molar-refractivity contribution in [2.75, 3.05) is 27.2 Å². The normalized spacial score (nSPS) is 19.7. The molecule has 0 aromatic heterocycles. The average Bonchev–Trinajstić information content (AvgIpc) is 2.81. The summed E-state index contributed by atoms with van der Waals surface area (Å²) in [5, 5.41) is 0.144. The van der Waals surface area contributed by atoms with Crippen molar-refractivity contribution in [3.63, 3.8) is 0 Å². The molecule has 0 bridgehead atoms. The van der Waals surface area contributed by atoms with Crippen LogP contribution >= 0.6 is 11.6 Å². The Hall–Kier alpha value is -1.13. The number of benzene rings is 1. The molecule has 104 valence electrons. The zero-order valence-corrected chi connectivity index (χ0v) is 12.0. The molecule has 1 aliphatic rings. The Balaban J connectivity index is 1.95. The summed E-state index contributed by atoms with van der Waals surface area (Å²) >= 11 is 5.66. The van der Waals surface area contributed by atoms with Gasteiger partial charge in [0.2, 0.25) is 5.91 Å². The molecule has 19 heavy (non-hydrogen) atoms. The molecule has 0 saturated carbocycles. The van der Waals surface area contributed by atoms with Crippen LogP contribution in [-0.4, -0.2) is 42.9 Å². The molecule has 1 aromatic rings. The number of amides is 1. The van der Waals surface area contributed by atoms with Crippen LogP contribution in [0.5, 0.6) is 0 Å². The van der Waals surface area contributed by atoms with Crippen molar-refractivity contribution < 1.29 is 9.18 Å². The van der Waals surface area contributed by atoms with E-state index in [1.54, 1.807) is 25.1 Å². The number of nitrogens with zero attached hydrogens (tertiary/aromatic N) is 2. The summed E-state index contributed by atoms with van der Waals surface area (Å²) in [6, 6.07) is 4.86. The summed E-state index contributed by atoms with van der Waals surface area (Å²) in [4.78, 5) is 15.7. The van der Waals surface area contributed by atoms with Gasteiger partial charge in [0.1, 0.15) is 5.82 Å². The Morgan fingerprint density at radius 3 is 2.89 bits per heavy atom. The van der Waals surface area contributed by atoms with E-state index < -0.39 is 0 Å². The third kappa shape index (κ3) is 3.45. The molecule has 1 aliphatic heterocycles. The topological polar surface area (TPSA) is 23.6 Å². The van der Waals surface area contributed by atoms with Crippen LogP contribution in [0.25, 0.3) is 0 Å². The molecule has 1 fully saturated rings. The molecule has 1 heterocycles. The molecule has 0 aliphatic carbocycles. The maximum atomic E-state index is 13.4. The van der Waals surface area contributed by atoms with Crippen LogP contribution in [0, 0.1) is 11.7 Å². The maximum Gasteiger partial charge on any atom is 0.226 e. The zero-order chi connectivity index (χ0) is 14.0. The van der Waals surface area contributed by atoms with Gasteiger partial charge in [0.05, 0.1) is 10.9 Å². The Morgan fingerprint density at radius 1 is 1.53 bits per heavy atom. The van der Waals surface area contributed by atoms with Crippen LogP contribution in [0.1, 0.15) is 12.0 Å². The molecular weight excluding hydrogens is 267 g/mol. The van der Waals surface area contributed by atoms with Crippen molar-refractivity contribution in [3.05, 3.63) is 34.6 Å². The molecule has 0 N–H and O–H groups in total. The summed E-state index contributed by atoms with van der Waals surface area (Å²) in [6.07, 6.45) is 0.868. The van der Waals surface area contributed by atoms with E-state index in [4.69, 9.17) is 11.6 Å². The van der Waals surface area contributed by atoms with Crippen LogP contribution < -0.4 is 0 Å². The number of halogens is 2.